The number of rotatable bonds is 63. The lowest BCUT2D eigenvalue weighted by atomic mass is 10.0. The van der Waals surface area contributed by atoms with Crippen molar-refractivity contribution < 1.29 is 28.6 Å². The van der Waals surface area contributed by atoms with Crippen LogP contribution in [0, 0.1) is 0 Å². The molecule has 0 aromatic rings. The molecule has 0 saturated heterocycles. The number of carbonyl (C=O) groups excluding carboxylic acids is 3. The van der Waals surface area contributed by atoms with Gasteiger partial charge in [0.2, 0.25) is 0 Å². The van der Waals surface area contributed by atoms with Crippen LogP contribution in [0.5, 0.6) is 0 Å². The van der Waals surface area contributed by atoms with Gasteiger partial charge in [-0.15, -0.1) is 0 Å². The van der Waals surface area contributed by atoms with Crippen molar-refractivity contribution >= 4 is 17.9 Å². The average molecular weight is 1090 g/mol. The van der Waals surface area contributed by atoms with E-state index in [9.17, 15) is 14.4 Å². The Kier molecular flexibility index (Phi) is 64.2. The quantitative estimate of drug-likeness (QED) is 0.0261. The van der Waals surface area contributed by atoms with Crippen molar-refractivity contribution in [2.24, 2.45) is 0 Å². The normalized spacial score (nSPS) is 12.4. The molecule has 0 aliphatic rings. The SMILES string of the molecule is CCCCCCC/C=C\C/C=C\C/C=C\CCCCCCCCCCC(=O)OC(COC(=O)CCCCCCCC)COC(=O)CCCCCCCCCCCCCCCCCCCCC/C=C\C/C=C\CCCCCCC. The molecule has 0 aromatic carbocycles. The molecule has 0 aromatic heterocycles. The Hall–Kier alpha value is -2.89. The first-order chi connectivity index (χ1) is 38.5. The van der Waals surface area contributed by atoms with Gasteiger partial charge in [0.1, 0.15) is 13.2 Å². The van der Waals surface area contributed by atoms with Crippen LogP contribution in [-0.2, 0) is 28.6 Å². The van der Waals surface area contributed by atoms with E-state index < -0.39 is 6.10 Å². The second-order valence-electron chi connectivity index (χ2n) is 23.1. The van der Waals surface area contributed by atoms with E-state index in [1.807, 2.05) is 0 Å². The minimum Gasteiger partial charge on any atom is -0.462 e. The highest BCUT2D eigenvalue weighted by molar-refractivity contribution is 5.71. The number of hydrogen-bond donors (Lipinski definition) is 0. The lowest BCUT2D eigenvalue weighted by Crippen LogP contribution is -2.30. The van der Waals surface area contributed by atoms with Gasteiger partial charge in [-0.05, 0) is 89.9 Å². The number of carbonyl (C=O) groups is 3. The Morgan fingerprint density at radius 3 is 0.718 bits per heavy atom. The summed E-state index contributed by atoms with van der Waals surface area (Å²) >= 11 is 0. The van der Waals surface area contributed by atoms with Crippen LogP contribution in [0.3, 0.4) is 0 Å². The molecule has 0 aliphatic heterocycles. The molecule has 78 heavy (non-hydrogen) atoms. The van der Waals surface area contributed by atoms with Crippen LogP contribution in [0.2, 0.25) is 0 Å². The molecule has 0 fully saturated rings. The molecule has 0 rings (SSSR count). The summed E-state index contributed by atoms with van der Waals surface area (Å²) in [6, 6.07) is 0. The van der Waals surface area contributed by atoms with Crippen molar-refractivity contribution in [1.29, 1.82) is 0 Å². The summed E-state index contributed by atoms with van der Waals surface area (Å²) < 4.78 is 16.8. The molecule has 0 bridgehead atoms. The third-order valence-corrected chi connectivity index (χ3v) is 15.2. The second-order valence-corrected chi connectivity index (χ2v) is 23.1. The number of esters is 3. The third-order valence-electron chi connectivity index (χ3n) is 15.2. The fourth-order valence-electron chi connectivity index (χ4n) is 10.1. The van der Waals surface area contributed by atoms with E-state index in [1.54, 1.807) is 0 Å². The molecule has 0 radical (unpaired) electrons. The van der Waals surface area contributed by atoms with Crippen LogP contribution in [0.4, 0.5) is 0 Å². The average Bonchev–Trinajstić information content (AvgIpc) is 3.44. The molecular formula is C72H130O6. The van der Waals surface area contributed by atoms with Gasteiger partial charge in [-0.25, -0.2) is 0 Å². The largest absolute Gasteiger partial charge is 0.462 e. The van der Waals surface area contributed by atoms with Crippen LogP contribution >= 0.6 is 0 Å². The highest BCUT2D eigenvalue weighted by Gasteiger charge is 2.19. The Morgan fingerprint density at radius 2 is 0.462 bits per heavy atom. The first-order valence-corrected chi connectivity index (χ1v) is 34.3. The van der Waals surface area contributed by atoms with E-state index in [0.717, 1.165) is 83.5 Å². The zero-order valence-corrected chi connectivity index (χ0v) is 52.2. The maximum absolute atomic E-state index is 12.9. The van der Waals surface area contributed by atoms with E-state index >= 15 is 0 Å². The van der Waals surface area contributed by atoms with Crippen LogP contribution in [0.15, 0.2) is 60.8 Å². The number of ether oxygens (including phenoxy) is 3. The number of unbranched alkanes of at least 4 members (excludes halogenated alkanes) is 42. The van der Waals surface area contributed by atoms with E-state index in [0.29, 0.717) is 19.3 Å². The maximum atomic E-state index is 12.9. The molecule has 0 aliphatic carbocycles. The Balaban J connectivity index is 4.01. The molecule has 1 atom stereocenters. The smallest absolute Gasteiger partial charge is 0.306 e. The zero-order chi connectivity index (χ0) is 56.4. The molecule has 0 saturated carbocycles. The predicted octanol–water partition coefficient (Wildman–Crippen LogP) is 23.5. The van der Waals surface area contributed by atoms with Gasteiger partial charge in [0.05, 0.1) is 0 Å². The lowest BCUT2D eigenvalue weighted by molar-refractivity contribution is -0.167. The molecule has 0 heterocycles. The molecule has 0 amide bonds. The molecule has 0 N–H and O–H groups in total. The van der Waals surface area contributed by atoms with Gasteiger partial charge in [-0.2, -0.15) is 0 Å². The standard InChI is InChI=1S/C72H130O6/c1-4-7-10-13-16-18-20-22-24-26-28-30-32-33-34-35-36-37-38-39-41-42-44-46-48-50-52-54-56-59-62-65-71(74)77-68-69(67-76-70(73)64-61-58-15-12-9-6-3)78-72(75)66-63-60-57-55-53-51-49-47-45-43-40-31-29-27-25-23-21-19-17-14-11-8-5-2/h20-23,26-29,40,43,69H,4-19,24-25,30-39,41-42,44-68H2,1-3H3/b22-20-,23-21-,28-26-,29-27-,43-40-. The summed E-state index contributed by atoms with van der Waals surface area (Å²) in [5, 5.41) is 0. The molecular weight excluding hydrogens is 961 g/mol. The third kappa shape index (κ3) is 63.9. The van der Waals surface area contributed by atoms with Crippen molar-refractivity contribution in [3.05, 3.63) is 60.8 Å². The molecule has 1 unspecified atom stereocenters. The predicted molar refractivity (Wildman–Crippen MR) is 339 cm³/mol. The Labute approximate surface area is 485 Å². The summed E-state index contributed by atoms with van der Waals surface area (Å²) in [6.07, 6.45) is 85.7. The van der Waals surface area contributed by atoms with E-state index in [4.69, 9.17) is 14.2 Å². The number of allylic oxidation sites excluding steroid dienone is 10. The summed E-state index contributed by atoms with van der Waals surface area (Å²) in [4.78, 5) is 38.1. The van der Waals surface area contributed by atoms with Gasteiger partial charge in [-0.3, -0.25) is 14.4 Å². The van der Waals surface area contributed by atoms with Crippen molar-refractivity contribution in [3.8, 4) is 0 Å². The van der Waals surface area contributed by atoms with Crippen molar-refractivity contribution in [2.75, 3.05) is 13.2 Å². The van der Waals surface area contributed by atoms with Gasteiger partial charge in [0.15, 0.2) is 6.10 Å². The number of hydrogen-bond acceptors (Lipinski definition) is 6. The Morgan fingerprint density at radius 1 is 0.256 bits per heavy atom. The molecule has 454 valence electrons. The maximum Gasteiger partial charge on any atom is 0.306 e. The second kappa shape index (κ2) is 66.6. The van der Waals surface area contributed by atoms with Gasteiger partial charge < -0.3 is 14.2 Å². The molecule has 0 spiro atoms. The summed E-state index contributed by atoms with van der Waals surface area (Å²) in [5.74, 6) is -0.873. The summed E-state index contributed by atoms with van der Waals surface area (Å²) in [6.45, 7) is 6.60. The van der Waals surface area contributed by atoms with Crippen LogP contribution < -0.4 is 0 Å². The zero-order valence-electron chi connectivity index (χ0n) is 52.2. The fourth-order valence-corrected chi connectivity index (χ4v) is 10.1. The summed E-state index contributed by atoms with van der Waals surface area (Å²) in [7, 11) is 0. The minimum absolute atomic E-state index is 0.0737. The molecule has 6 heteroatoms. The first-order valence-electron chi connectivity index (χ1n) is 34.3. The summed E-state index contributed by atoms with van der Waals surface area (Å²) in [5.41, 5.74) is 0. The van der Waals surface area contributed by atoms with Crippen molar-refractivity contribution in [1.82, 2.24) is 0 Å². The minimum atomic E-state index is -0.774. The van der Waals surface area contributed by atoms with E-state index in [2.05, 4.69) is 81.5 Å². The van der Waals surface area contributed by atoms with Crippen LogP contribution in [0.25, 0.3) is 0 Å². The topological polar surface area (TPSA) is 78.9 Å². The van der Waals surface area contributed by atoms with Gasteiger partial charge in [0, 0.05) is 19.3 Å². The highest BCUT2D eigenvalue weighted by atomic mass is 16.6. The van der Waals surface area contributed by atoms with Crippen molar-refractivity contribution in [3.63, 3.8) is 0 Å². The van der Waals surface area contributed by atoms with Gasteiger partial charge >= 0.3 is 17.9 Å². The Bertz CT molecular complexity index is 1390. The van der Waals surface area contributed by atoms with Gasteiger partial charge in [0.25, 0.3) is 0 Å². The molecule has 6 nitrogen and oxygen atoms in total. The monoisotopic (exact) mass is 1090 g/mol. The lowest BCUT2D eigenvalue weighted by Gasteiger charge is -2.18. The van der Waals surface area contributed by atoms with Crippen LogP contribution in [0.1, 0.15) is 361 Å². The van der Waals surface area contributed by atoms with E-state index in [-0.39, 0.29) is 31.1 Å². The van der Waals surface area contributed by atoms with E-state index in [1.165, 1.54) is 238 Å². The van der Waals surface area contributed by atoms with Crippen LogP contribution in [-0.4, -0.2) is 37.2 Å². The highest BCUT2D eigenvalue weighted by Crippen LogP contribution is 2.17. The van der Waals surface area contributed by atoms with Gasteiger partial charge in [-0.1, -0.05) is 313 Å². The first kappa shape index (κ1) is 75.1. The van der Waals surface area contributed by atoms with Crippen molar-refractivity contribution in [2.45, 2.75) is 367 Å². The fraction of sp³-hybridized carbons (Fsp3) is 0.819.